The SMILES string of the molecule is COCCNC[B-](F)(F)F.[K+]. The third-order valence-corrected chi connectivity index (χ3v) is 0.859. The molecule has 2 nitrogen and oxygen atoms in total. The minimum absolute atomic E-state index is 0. The van der Waals surface area contributed by atoms with Crippen molar-refractivity contribution in [2.75, 3.05) is 26.7 Å². The quantitative estimate of drug-likeness (QED) is 0.390. The summed E-state index contributed by atoms with van der Waals surface area (Å²) in [7, 11) is 1.44. The zero-order valence-corrected chi connectivity index (χ0v) is 9.86. The fourth-order valence-corrected chi connectivity index (χ4v) is 0.440. The summed E-state index contributed by atoms with van der Waals surface area (Å²) >= 11 is 0. The van der Waals surface area contributed by atoms with Crippen LogP contribution in [0, 0.1) is 0 Å². The molecule has 0 heterocycles. The maximum atomic E-state index is 11.4. The smallest absolute Gasteiger partial charge is 0.448 e. The van der Waals surface area contributed by atoms with Crippen LogP contribution in [0.3, 0.4) is 0 Å². The minimum Gasteiger partial charge on any atom is -0.448 e. The van der Waals surface area contributed by atoms with Crippen LogP contribution in [0.1, 0.15) is 0 Å². The Morgan fingerprint density at radius 1 is 1.36 bits per heavy atom. The summed E-state index contributed by atoms with van der Waals surface area (Å²) in [6.07, 6.45) is -0.886. The first kappa shape index (κ1) is 14.9. The van der Waals surface area contributed by atoms with E-state index in [1.807, 2.05) is 0 Å². The number of methoxy groups -OCH3 is 1. The van der Waals surface area contributed by atoms with Crippen LogP contribution in [-0.2, 0) is 4.74 Å². The molecule has 62 valence electrons. The van der Waals surface area contributed by atoms with Gasteiger partial charge in [-0.25, -0.2) is 0 Å². The summed E-state index contributed by atoms with van der Waals surface area (Å²) in [5.74, 6) is 0. The molecule has 0 aromatic carbocycles. The number of halogens is 3. The summed E-state index contributed by atoms with van der Waals surface area (Å²) < 4.78 is 38.9. The van der Waals surface area contributed by atoms with E-state index in [2.05, 4.69) is 10.1 Å². The van der Waals surface area contributed by atoms with E-state index in [-0.39, 0.29) is 57.9 Å². The van der Waals surface area contributed by atoms with Gasteiger partial charge in [0.25, 0.3) is 0 Å². The maximum Gasteiger partial charge on any atom is 1.00 e. The second-order valence-corrected chi connectivity index (χ2v) is 1.91. The molecule has 0 aromatic rings. The van der Waals surface area contributed by atoms with Gasteiger partial charge in [-0.05, 0) is 6.44 Å². The molecule has 0 aromatic heterocycles. The van der Waals surface area contributed by atoms with Crippen LogP contribution in [0.2, 0.25) is 0 Å². The Hall–Kier alpha value is 1.41. The van der Waals surface area contributed by atoms with Gasteiger partial charge in [0.1, 0.15) is 0 Å². The van der Waals surface area contributed by atoms with Crippen LogP contribution in [0.15, 0.2) is 0 Å². The average molecular weight is 195 g/mol. The van der Waals surface area contributed by atoms with Crippen LogP contribution in [-0.4, -0.2) is 33.7 Å². The molecule has 1 N–H and O–H groups in total. The van der Waals surface area contributed by atoms with Crippen molar-refractivity contribution in [2.45, 2.75) is 0 Å². The molecular formula is C4H10BF3KNO. The van der Waals surface area contributed by atoms with E-state index >= 15 is 0 Å². The van der Waals surface area contributed by atoms with Gasteiger partial charge in [-0.3, -0.25) is 0 Å². The summed E-state index contributed by atoms with van der Waals surface area (Å²) in [5, 5.41) is 2.20. The van der Waals surface area contributed by atoms with Crippen molar-refractivity contribution in [2.24, 2.45) is 0 Å². The fourth-order valence-electron chi connectivity index (χ4n) is 0.440. The first-order valence-electron chi connectivity index (χ1n) is 2.97. The summed E-state index contributed by atoms with van der Waals surface area (Å²) in [6, 6.07) is 0. The normalized spacial score (nSPS) is 10.9. The van der Waals surface area contributed by atoms with Crippen molar-refractivity contribution in [1.29, 1.82) is 0 Å². The van der Waals surface area contributed by atoms with Gasteiger partial charge >= 0.3 is 58.4 Å². The van der Waals surface area contributed by atoms with Crippen LogP contribution in [0.5, 0.6) is 0 Å². The molecule has 0 aliphatic heterocycles. The summed E-state index contributed by atoms with van der Waals surface area (Å²) in [5.41, 5.74) is 0. The molecule has 0 saturated carbocycles. The Balaban J connectivity index is 0. The average Bonchev–Trinajstić information content (AvgIpc) is 1.78. The number of hydrogen-bond acceptors (Lipinski definition) is 2. The Kier molecular flexibility index (Phi) is 10.9. The third-order valence-electron chi connectivity index (χ3n) is 0.859. The molecule has 0 atom stereocenters. The van der Waals surface area contributed by atoms with Gasteiger partial charge in [-0.1, -0.05) is 0 Å². The molecule has 0 fully saturated rings. The van der Waals surface area contributed by atoms with E-state index in [1.165, 1.54) is 7.11 Å². The van der Waals surface area contributed by atoms with Crippen LogP contribution >= 0.6 is 0 Å². The Labute approximate surface area is 107 Å². The van der Waals surface area contributed by atoms with Crippen molar-refractivity contribution in [3.63, 3.8) is 0 Å². The second-order valence-electron chi connectivity index (χ2n) is 1.91. The molecule has 0 saturated heterocycles. The van der Waals surface area contributed by atoms with Crippen LogP contribution in [0.25, 0.3) is 0 Å². The molecule has 0 radical (unpaired) electrons. The van der Waals surface area contributed by atoms with Gasteiger partial charge in [0.15, 0.2) is 0 Å². The molecule has 0 amide bonds. The zero-order chi connectivity index (χ0) is 8.04. The molecule has 0 bridgehead atoms. The predicted molar refractivity (Wildman–Crippen MR) is 33.8 cm³/mol. The second kappa shape index (κ2) is 8.03. The molecule has 0 aliphatic rings. The van der Waals surface area contributed by atoms with Gasteiger partial charge in [-0.15, -0.1) is 0 Å². The Bertz CT molecular complexity index is 91.9. The van der Waals surface area contributed by atoms with E-state index in [9.17, 15) is 12.9 Å². The van der Waals surface area contributed by atoms with Crippen molar-refractivity contribution in [3.8, 4) is 0 Å². The molecule has 11 heavy (non-hydrogen) atoms. The monoisotopic (exact) mass is 195 g/mol. The first-order chi connectivity index (χ1) is 4.56. The van der Waals surface area contributed by atoms with E-state index < -0.39 is 13.4 Å². The van der Waals surface area contributed by atoms with E-state index in [0.717, 1.165) is 0 Å². The fraction of sp³-hybridized carbons (Fsp3) is 1.00. The maximum absolute atomic E-state index is 11.4. The van der Waals surface area contributed by atoms with Crippen molar-refractivity contribution in [1.82, 2.24) is 5.32 Å². The number of ether oxygens (including phenoxy) is 1. The van der Waals surface area contributed by atoms with Gasteiger partial charge in [0.2, 0.25) is 0 Å². The van der Waals surface area contributed by atoms with Crippen molar-refractivity contribution < 1.29 is 69.1 Å². The number of rotatable bonds is 5. The minimum atomic E-state index is -4.68. The number of hydrogen-bond donors (Lipinski definition) is 1. The molecule has 0 spiro atoms. The Morgan fingerprint density at radius 2 is 1.91 bits per heavy atom. The van der Waals surface area contributed by atoms with Crippen LogP contribution in [0.4, 0.5) is 12.9 Å². The van der Waals surface area contributed by atoms with Crippen molar-refractivity contribution >= 4 is 6.98 Å². The standard InChI is InChI=1S/C4H10BF3NO.K/c1-10-3-2-9-4-5(6,7)8;/h9H,2-4H2,1H3;/q-1;+1. The summed E-state index contributed by atoms with van der Waals surface area (Å²) in [6.45, 7) is -4.12. The number of nitrogens with one attached hydrogen (secondary N) is 1. The van der Waals surface area contributed by atoms with Gasteiger partial charge < -0.3 is 23.0 Å². The van der Waals surface area contributed by atoms with E-state index in [0.29, 0.717) is 6.61 Å². The molecular weight excluding hydrogens is 185 g/mol. The van der Waals surface area contributed by atoms with Crippen molar-refractivity contribution in [3.05, 3.63) is 0 Å². The van der Waals surface area contributed by atoms with Gasteiger partial charge in [-0.2, -0.15) is 0 Å². The topological polar surface area (TPSA) is 21.3 Å². The van der Waals surface area contributed by atoms with E-state index in [4.69, 9.17) is 0 Å². The largest absolute Gasteiger partial charge is 1.00 e. The molecule has 0 aliphatic carbocycles. The third kappa shape index (κ3) is 14.3. The first-order valence-corrected chi connectivity index (χ1v) is 2.97. The molecule has 0 unspecified atom stereocenters. The van der Waals surface area contributed by atoms with Crippen LogP contribution < -0.4 is 56.7 Å². The summed E-state index contributed by atoms with van der Waals surface area (Å²) in [4.78, 5) is 0. The van der Waals surface area contributed by atoms with Gasteiger partial charge in [0.05, 0.1) is 6.61 Å². The molecule has 0 rings (SSSR count). The predicted octanol–water partition coefficient (Wildman–Crippen LogP) is -2.39. The molecule has 7 heteroatoms. The van der Waals surface area contributed by atoms with Gasteiger partial charge in [0, 0.05) is 13.7 Å². The zero-order valence-electron chi connectivity index (χ0n) is 6.74. The Morgan fingerprint density at radius 3 is 2.27 bits per heavy atom. The van der Waals surface area contributed by atoms with E-state index in [1.54, 1.807) is 0 Å².